The summed E-state index contributed by atoms with van der Waals surface area (Å²) in [7, 11) is -6.24. The first-order valence-corrected chi connectivity index (χ1v) is 3.71. The van der Waals surface area contributed by atoms with Gasteiger partial charge in [0.15, 0.2) is 17.4 Å². The van der Waals surface area contributed by atoms with Gasteiger partial charge in [-0.2, -0.15) is 0 Å². The fourth-order valence-corrected chi connectivity index (χ4v) is 0.505. The Morgan fingerprint density at radius 2 is 1.70 bits per heavy atom. The van der Waals surface area contributed by atoms with E-state index in [-0.39, 0.29) is 57.9 Å². The van der Waals surface area contributed by atoms with E-state index in [9.17, 15) is 9.03 Å². The van der Waals surface area contributed by atoms with Crippen molar-refractivity contribution in [1.82, 2.24) is 0 Å². The van der Waals surface area contributed by atoms with Gasteiger partial charge in [-0.25, -0.2) is 4.57 Å². The minimum absolute atomic E-state index is 0. The third kappa shape index (κ3) is 22.6. The summed E-state index contributed by atoms with van der Waals surface area (Å²) in [6.45, 7) is 0. The molecule has 0 rings (SSSR count). The summed E-state index contributed by atoms with van der Waals surface area (Å²) in [4.78, 5) is 15.5. The molecule has 0 aromatic heterocycles. The van der Waals surface area contributed by atoms with Crippen LogP contribution in [0.5, 0.6) is 0 Å². The average molecular weight is 188 g/mol. The van der Waals surface area contributed by atoms with Gasteiger partial charge in [-0.15, -0.1) is 0 Å². The largest absolute Gasteiger partial charge is 1.00 e. The topological polar surface area (TPSA) is 83.8 Å². The van der Waals surface area contributed by atoms with E-state index in [0.29, 0.717) is 0 Å². The minimum Gasteiger partial charge on any atom is -1.00 e. The van der Waals surface area contributed by atoms with Crippen LogP contribution in [0.4, 0.5) is 0 Å². The molecule has 0 aliphatic heterocycles. The molecule has 0 saturated carbocycles. The number of phosphoric acid groups is 1. The van der Waals surface area contributed by atoms with Crippen molar-refractivity contribution in [3.8, 4) is 0 Å². The maximum Gasteiger partial charge on any atom is 1.00 e. The molecule has 0 amide bonds. The van der Waals surface area contributed by atoms with Crippen molar-refractivity contribution >= 4 is 34.8 Å². The maximum absolute atomic E-state index is 9.52. The zero-order valence-electron chi connectivity index (χ0n) is 7.14. The van der Waals surface area contributed by atoms with Crippen molar-refractivity contribution < 1.29 is 63.6 Å². The molecular formula is H8AlLi2O5PSi. The smallest absolute Gasteiger partial charge is 1.00 e. The Bertz CT molecular complexity index is 120. The van der Waals surface area contributed by atoms with Crippen molar-refractivity contribution in [2.45, 2.75) is 0 Å². The van der Waals surface area contributed by atoms with Crippen molar-refractivity contribution in [2.24, 2.45) is 0 Å². The van der Waals surface area contributed by atoms with Gasteiger partial charge in [0.1, 0.15) is 0 Å². The van der Waals surface area contributed by atoms with Crippen molar-refractivity contribution in [1.29, 1.82) is 0 Å². The third-order valence-corrected chi connectivity index (χ3v) is 1.62. The number of hydrogen-bond donors (Lipinski definition) is 2. The average Bonchev–Trinajstić information content (AvgIpc) is 1.30. The summed E-state index contributed by atoms with van der Waals surface area (Å²) in [6, 6.07) is 0. The molecule has 0 aliphatic carbocycles. The molecule has 10 heteroatoms. The molecule has 0 radical (unpaired) electrons. The standard InChI is InChI=1S/Al.2Li.H3O5PSi.5H/c;;;1-6(2,3)5-7-4;;;;;/h;;;7H,(H2,1,2,3);;;;;/q;2*+1;;;;;2*-1. The first-order valence-electron chi connectivity index (χ1n) is 1.24. The van der Waals surface area contributed by atoms with Gasteiger partial charge in [-0.05, 0) is 0 Å². The predicted molar refractivity (Wildman–Crippen MR) is 33.1 cm³/mol. The molecule has 2 N–H and O–H groups in total. The summed E-state index contributed by atoms with van der Waals surface area (Å²) >= 11 is 0. The summed E-state index contributed by atoms with van der Waals surface area (Å²) in [5, 5.41) is 0. The van der Waals surface area contributed by atoms with Crippen LogP contribution in [-0.4, -0.2) is 36.8 Å². The summed E-state index contributed by atoms with van der Waals surface area (Å²) in [5.74, 6) is 0. The zero-order valence-corrected chi connectivity index (χ0v) is 7.19. The van der Waals surface area contributed by atoms with Gasteiger partial charge in [0.2, 0.25) is 0 Å². The van der Waals surface area contributed by atoms with E-state index in [2.05, 4.69) is 4.21 Å². The van der Waals surface area contributed by atoms with Crippen molar-refractivity contribution in [3.05, 3.63) is 0 Å². The normalized spacial score (nSPS) is 7.40. The molecule has 52 valence electrons. The van der Waals surface area contributed by atoms with Gasteiger partial charge in [0.25, 0.3) is 0 Å². The predicted octanol–water partition coefficient (Wildman–Crippen LogP) is -8.16. The molecule has 0 aliphatic rings. The monoisotopic (exact) mass is 188 g/mol. The van der Waals surface area contributed by atoms with E-state index in [1.165, 1.54) is 0 Å². The van der Waals surface area contributed by atoms with Crippen LogP contribution in [0.1, 0.15) is 2.85 Å². The molecule has 0 fully saturated rings. The molecule has 0 unspecified atom stereocenters. The van der Waals surface area contributed by atoms with Crippen LogP contribution in [0.15, 0.2) is 0 Å². The van der Waals surface area contributed by atoms with Crippen LogP contribution in [0.2, 0.25) is 0 Å². The molecule has 0 atom stereocenters. The van der Waals surface area contributed by atoms with Crippen LogP contribution in [0.25, 0.3) is 0 Å². The van der Waals surface area contributed by atoms with Gasteiger partial charge in [-0.3, -0.25) is 9.79 Å². The van der Waals surface area contributed by atoms with E-state index in [4.69, 9.17) is 9.79 Å². The Labute approximate surface area is 98.0 Å². The fourth-order valence-electron chi connectivity index (χ4n) is 0.0561. The van der Waals surface area contributed by atoms with Crippen molar-refractivity contribution in [2.75, 3.05) is 0 Å². The van der Waals surface area contributed by atoms with Gasteiger partial charge in [0.05, 0.1) is 0 Å². The molecular weight excluding hydrogens is 180 g/mol. The molecule has 0 aromatic rings. The minimum atomic E-state index is -4.44. The maximum atomic E-state index is 9.52. The second-order valence-corrected chi connectivity index (χ2v) is 2.71. The zero-order chi connectivity index (χ0) is 5.91. The number of rotatable bonds is 2. The SMILES string of the molecule is O=[SiH]OP(=O)(O)O.[AlH3].[H-].[H-].[Li+].[Li+]. The molecule has 10 heavy (non-hydrogen) atoms. The van der Waals surface area contributed by atoms with Gasteiger partial charge in [-0.1, -0.05) is 0 Å². The Kier molecular flexibility index (Phi) is 24.2. The molecule has 0 saturated heterocycles. The van der Waals surface area contributed by atoms with Crippen LogP contribution < -0.4 is 37.7 Å². The number of hydrogen-bond acceptors (Lipinski definition) is 3. The molecule has 0 aromatic carbocycles. The summed E-state index contributed by atoms with van der Waals surface area (Å²) < 4.78 is 22.3. The van der Waals surface area contributed by atoms with E-state index < -0.39 is 17.5 Å². The first kappa shape index (κ1) is 22.6. The Morgan fingerprint density at radius 3 is 1.70 bits per heavy atom. The Morgan fingerprint density at radius 1 is 1.40 bits per heavy atom. The fraction of sp³-hybridized carbons (Fsp3) is 0. The second-order valence-electron chi connectivity index (χ2n) is 0.692. The van der Waals surface area contributed by atoms with Gasteiger partial charge in [0, 0.05) is 0 Å². The van der Waals surface area contributed by atoms with Gasteiger partial charge >= 0.3 is 55.2 Å². The van der Waals surface area contributed by atoms with Crippen LogP contribution >= 0.6 is 7.82 Å². The third-order valence-electron chi connectivity index (χ3n) is 0.180. The van der Waals surface area contributed by atoms with Crippen molar-refractivity contribution in [3.63, 3.8) is 0 Å². The van der Waals surface area contributed by atoms with Crippen LogP contribution in [0, 0.1) is 0 Å². The van der Waals surface area contributed by atoms with E-state index in [0.717, 1.165) is 0 Å². The Hall–Kier alpha value is 1.69. The van der Waals surface area contributed by atoms with E-state index in [1.54, 1.807) is 0 Å². The van der Waals surface area contributed by atoms with E-state index in [1.807, 2.05) is 0 Å². The van der Waals surface area contributed by atoms with Crippen LogP contribution in [0.3, 0.4) is 0 Å². The quantitative estimate of drug-likeness (QED) is 0.332. The summed E-state index contributed by atoms with van der Waals surface area (Å²) in [5.41, 5.74) is 0. The molecule has 5 nitrogen and oxygen atoms in total. The molecule has 0 spiro atoms. The molecule has 0 bridgehead atoms. The van der Waals surface area contributed by atoms with Crippen LogP contribution in [-0.2, 0) is 13.2 Å². The first-order chi connectivity index (χ1) is 3.06. The van der Waals surface area contributed by atoms with Gasteiger partial charge < -0.3 is 11.5 Å². The second kappa shape index (κ2) is 10.7. The Balaban J connectivity index is -0.0000000180. The summed E-state index contributed by atoms with van der Waals surface area (Å²) in [6.07, 6.45) is 0. The molecule has 0 heterocycles. The van der Waals surface area contributed by atoms with E-state index >= 15 is 0 Å².